The monoisotopic (exact) mass is 198 g/mol. The van der Waals surface area contributed by atoms with E-state index >= 15 is 0 Å². The van der Waals surface area contributed by atoms with Crippen LogP contribution in [0.15, 0.2) is 0 Å². The third-order valence-electron chi connectivity index (χ3n) is 3.70. The Morgan fingerprint density at radius 2 is 1.86 bits per heavy atom. The molecule has 0 spiro atoms. The summed E-state index contributed by atoms with van der Waals surface area (Å²) < 4.78 is 0. The third-order valence-corrected chi connectivity index (χ3v) is 3.70. The molecule has 0 aromatic carbocycles. The maximum atomic E-state index is 9.40. The number of likely N-dealkylation sites (N-methyl/N-ethyl adjacent to an activating group) is 1. The molecule has 14 heavy (non-hydrogen) atoms. The lowest BCUT2D eigenvalue weighted by Crippen LogP contribution is -2.43. The van der Waals surface area contributed by atoms with Gasteiger partial charge in [-0.3, -0.25) is 0 Å². The van der Waals surface area contributed by atoms with Gasteiger partial charge >= 0.3 is 0 Å². The Hall–Kier alpha value is -0.120. The minimum Gasteiger partial charge on any atom is -0.393 e. The molecule has 2 aliphatic rings. The van der Waals surface area contributed by atoms with Gasteiger partial charge in [0.1, 0.15) is 0 Å². The van der Waals surface area contributed by atoms with Gasteiger partial charge in [0.2, 0.25) is 0 Å². The van der Waals surface area contributed by atoms with E-state index < -0.39 is 0 Å². The van der Waals surface area contributed by atoms with Gasteiger partial charge in [0.05, 0.1) is 6.10 Å². The van der Waals surface area contributed by atoms with E-state index in [0.717, 1.165) is 32.0 Å². The van der Waals surface area contributed by atoms with Crippen LogP contribution in [0.4, 0.5) is 0 Å². The van der Waals surface area contributed by atoms with E-state index in [2.05, 4.69) is 16.8 Å². The van der Waals surface area contributed by atoms with Gasteiger partial charge in [0, 0.05) is 25.7 Å². The van der Waals surface area contributed by atoms with Crippen molar-refractivity contribution in [1.82, 2.24) is 9.80 Å². The first-order valence-corrected chi connectivity index (χ1v) is 5.86. The highest BCUT2D eigenvalue weighted by molar-refractivity contribution is 4.81. The summed E-state index contributed by atoms with van der Waals surface area (Å²) in [4.78, 5) is 4.99. The van der Waals surface area contributed by atoms with Crippen molar-refractivity contribution in [3.05, 3.63) is 0 Å². The number of aliphatic hydroxyl groups is 1. The smallest absolute Gasteiger partial charge is 0.0564 e. The molecule has 1 N–H and O–H groups in total. The van der Waals surface area contributed by atoms with Gasteiger partial charge in [-0.15, -0.1) is 0 Å². The van der Waals surface area contributed by atoms with E-state index in [-0.39, 0.29) is 6.10 Å². The van der Waals surface area contributed by atoms with E-state index in [1.165, 1.54) is 25.9 Å². The summed E-state index contributed by atoms with van der Waals surface area (Å²) in [6.07, 6.45) is 4.62. The molecule has 0 aromatic heterocycles. The number of likely N-dealkylation sites (tertiary alicyclic amines) is 2. The average Bonchev–Trinajstić information content (AvgIpc) is 2.56. The van der Waals surface area contributed by atoms with Crippen LogP contribution in [0.5, 0.6) is 0 Å². The normalized spacial score (nSPS) is 32.6. The van der Waals surface area contributed by atoms with Crippen LogP contribution in [-0.2, 0) is 0 Å². The van der Waals surface area contributed by atoms with Crippen molar-refractivity contribution in [3.8, 4) is 0 Å². The summed E-state index contributed by atoms with van der Waals surface area (Å²) in [6, 6.07) is 0.769. The van der Waals surface area contributed by atoms with Crippen LogP contribution < -0.4 is 0 Å². The maximum absolute atomic E-state index is 9.40. The molecule has 1 unspecified atom stereocenters. The van der Waals surface area contributed by atoms with Crippen LogP contribution in [0.25, 0.3) is 0 Å². The van der Waals surface area contributed by atoms with Crippen LogP contribution in [0.1, 0.15) is 25.7 Å². The van der Waals surface area contributed by atoms with Crippen LogP contribution in [0.2, 0.25) is 0 Å². The molecule has 2 rings (SSSR count). The van der Waals surface area contributed by atoms with Crippen LogP contribution in [0.3, 0.4) is 0 Å². The molecule has 2 saturated heterocycles. The Kier molecular flexibility index (Phi) is 3.42. The first-order chi connectivity index (χ1) is 6.75. The number of aliphatic hydroxyl groups excluding tert-OH is 1. The van der Waals surface area contributed by atoms with Crippen molar-refractivity contribution < 1.29 is 5.11 Å². The second-order valence-electron chi connectivity index (χ2n) is 4.81. The highest BCUT2D eigenvalue weighted by Gasteiger charge is 2.25. The largest absolute Gasteiger partial charge is 0.393 e. The summed E-state index contributed by atoms with van der Waals surface area (Å²) in [5.74, 6) is 0. The summed E-state index contributed by atoms with van der Waals surface area (Å²) in [5, 5.41) is 9.40. The quantitative estimate of drug-likeness (QED) is 0.701. The third kappa shape index (κ3) is 2.47. The molecule has 0 amide bonds. The van der Waals surface area contributed by atoms with Crippen molar-refractivity contribution in [2.45, 2.75) is 37.8 Å². The van der Waals surface area contributed by atoms with Gasteiger partial charge in [0.15, 0.2) is 0 Å². The number of hydrogen-bond acceptors (Lipinski definition) is 3. The molecule has 3 heteroatoms. The molecule has 1 atom stereocenters. The van der Waals surface area contributed by atoms with E-state index in [0.29, 0.717) is 0 Å². The Morgan fingerprint density at radius 3 is 2.43 bits per heavy atom. The van der Waals surface area contributed by atoms with Gasteiger partial charge < -0.3 is 14.9 Å². The van der Waals surface area contributed by atoms with Crippen LogP contribution >= 0.6 is 0 Å². The fourth-order valence-electron chi connectivity index (χ4n) is 2.61. The fourth-order valence-corrected chi connectivity index (χ4v) is 2.61. The SMILES string of the molecule is CN1CCCC1CN1CCC(O)CC1. The van der Waals surface area contributed by atoms with Gasteiger partial charge in [-0.2, -0.15) is 0 Å². The Balaban J connectivity index is 1.74. The summed E-state index contributed by atoms with van der Waals surface area (Å²) >= 11 is 0. The van der Waals surface area contributed by atoms with Crippen molar-refractivity contribution in [1.29, 1.82) is 0 Å². The molecule has 0 bridgehead atoms. The molecule has 0 radical (unpaired) electrons. The average molecular weight is 198 g/mol. The van der Waals surface area contributed by atoms with Crippen LogP contribution in [-0.4, -0.2) is 60.3 Å². The Morgan fingerprint density at radius 1 is 1.14 bits per heavy atom. The number of rotatable bonds is 2. The number of nitrogens with zero attached hydrogens (tertiary/aromatic N) is 2. The molecular weight excluding hydrogens is 176 g/mol. The van der Waals surface area contributed by atoms with E-state index in [1.807, 2.05) is 0 Å². The zero-order valence-electron chi connectivity index (χ0n) is 9.15. The van der Waals surface area contributed by atoms with Crippen molar-refractivity contribution in [3.63, 3.8) is 0 Å². The highest BCUT2D eigenvalue weighted by Crippen LogP contribution is 2.18. The highest BCUT2D eigenvalue weighted by atomic mass is 16.3. The molecule has 82 valence electrons. The van der Waals surface area contributed by atoms with Gasteiger partial charge in [-0.05, 0) is 39.3 Å². The Bertz CT molecular complexity index is 178. The first kappa shape index (κ1) is 10.4. The molecule has 3 nitrogen and oxygen atoms in total. The topological polar surface area (TPSA) is 26.7 Å². The number of piperidine rings is 1. The molecule has 0 aliphatic carbocycles. The molecule has 2 aliphatic heterocycles. The Labute approximate surface area is 86.7 Å². The summed E-state index contributed by atoms with van der Waals surface area (Å²) in [7, 11) is 2.23. The maximum Gasteiger partial charge on any atom is 0.0564 e. The minimum absolute atomic E-state index is 0.0347. The standard InChI is InChI=1S/C11H22N2O/c1-12-6-2-3-10(12)9-13-7-4-11(14)5-8-13/h10-11,14H,2-9H2,1H3. The zero-order chi connectivity index (χ0) is 9.97. The predicted octanol–water partition coefficient (Wildman–Crippen LogP) is 0.537. The molecule has 0 saturated carbocycles. The second kappa shape index (κ2) is 4.60. The van der Waals surface area contributed by atoms with Crippen LogP contribution in [0, 0.1) is 0 Å². The molecule has 0 aromatic rings. The van der Waals surface area contributed by atoms with Crippen molar-refractivity contribution >= 4 is 0 Å². The van der Waals surface area contributed by atoms with Gasteiger partial charge in [0.25, 0.3) is 0 Å². The fraction of sp³-hybridized carbons (Fsp3) is 1.00. The van der Waals surface area contributed by atoms with E-state index in [9.17, 15) is 5.11 Å². The zero-order valence-corrected chi connectivity index (χ0v) is 9.15. The first-order valence-electron chi connectivity index (χ1n) is 5.86. The molecule has 2 heterocycles. The van der Waals surface area contributed by atoms with E-state index in [4.69, 9.17) is 0 Å². The van der Waals surface area contributed by atoms with Gasteiger partial charge in [-0.25, -0.2) is 0 Å². The lowest BCUT2D eigenvalue weighted by molar-refractivity contribution is 0.0713. The van der Waals surface area contributed by atoms with Crippen molar-refractivity contribution in [2.24, 2.45) is 0 Å². The lowest BCUT2D eigenvalue weighted by atomic mass is 10.1. The lowest BCUT2D eigenvalue weighted by Gasteiger charge is -2.33. The summed E-state index contributed by atoms with van der Waals surface area (Å²) in [5.41, 5.74) is 0. The second-order valence-corrected chi connectivity index (χ2v) is 4.81. The summed E-state index contributed by atoms with van der Waals surface area (Å²) in [6.45, 7) is 4.65. The predicted molar refractivity (Wildman–Crippen MR) is 57.3 cm³/mol. The van der Waals surface area contributed by atoms with Gasteiger partial charge in [-0.1, -0.05) is 0 Å². The minimum atomic E-state index is -0.0347. The number of hydrogen-bond donors (Lipinski definition) is 1. The molecule has 2 fully saturated rings. The molecular formula is C11H22N2O. The van der Waals surface area contributed by atoms with E-state index in [1.54, 1.807) is 0 Å². The van der Waals surface area contributed by atoms with Crippen molar-refractivity contribution in [2.75, 3.05) is 33.2 Å².